The molecule has 0 spiro atoms. The molecule has 1 aliphatic rings. The predicted molar refractivity (Wildman–Crippen MR) is 94.8 cm³/mol. The van der Waals surface area contributed by atoms with Gasteiger partial charge in [-0.25, -0.2) is 4.98 Å². The molecule has 0 aliphatic carbocycles. The van der Waals surface area contributed by atoms with Gasteiger partial charge in [0, 0.05) is 24.7 Å². The second-order valence-electron chi connectivity index (χ2n) is 6.21. The standard InChI is InChI=1S/C18H23N3O2S/c22-13-14-5-4-9-21(11-14)12-16(23)20-17(18-19-8-10-24-18)15-6-2-1-3-7-15/h1-3,6-8,10,14,17,22H,4-5,9,11-13H2,(H,20,23). The fourth-order valence-corrected chi connectivity index (χ4v) is 3.88. The van der Waals surface area contributed by atoms with Crippen LogP contribution in [0.2, 0.25) is 0 Å². The summed E-state index contributed by atoms with van der Waals surface area (Å²) in [6.07, 6.45) is 3.84. The number of hydrogen-bond acceptors (Lipinski definition) is 5. The van der Waals surface area contributed by atoms with Gasteiger partial charge < -0.3 is 10.4 Å². The normalized spacial score (nSPS) is 19.8. The number of nitrogens with zero attached hydrogens (tertiary/aromatic N) is 2. The van der Waals surface area contributed by atoms with Crippen LogP contribution in [0.15, 0.2) is 41.9 Å². The molecule has 2 heterocycles. The molecule has 1 aliphatic heterocycles. The number of amides is 1. The van der Waals surface area contributed by atoms with Crippen molar-refractivity contribution >= 4 is 17.2 Å². The molecule has 2 N–H and O–H groups in total. The molecule has 1 amide bonds. The highest BCUT2D eigenvalue weighted by Gasteiger charge is 2.23. The SMILES string of the molecule is O=C(CN1CCCC(CO)C1)NC(c1ccccc1)c1nccs1. The first kappa shape index (κ1) is 17.1. The van der Waals surface area contributed by atoms with Crippen LogP contribution in [0.3, 0.4) is 0 Å². The Morgan fingerprint density at radius 3 is 2.96 bits per heavy atom. The highest BCUT2D eigenvalue weighted by molar-refractivity contribution is 7.09. The minimum atomic E-state index is -0.211. The van der Waals surface area contributed by atoms with Crippen molar-refractivity contribution in [2.45, 2.75) is 18.9 Å². The molecule has 1 aromatic carbocycles. The topological polar surface area (TPSA) is 65.5 Å². The number of nitrogens with one attached hydrogen (secondary N) is 1. The first-order chi connectivity index (χ1) is 11.8. The molecule has 1 aromatic heterocycles. The smallest absolute Gasteiger partial charge is 0.235 e. The third kappa shape index (κ3) is 4.41. The molecule has 6 heteroatoms. The molecule has 3 rings (SSSR count). The number of likely N-dealkylation sites (tertiary alicyclic amines) is 1. The van der Waals surface area contributed by atoms with Crippen LogP contribution < -0.4 is 5.32 Å². The number of aromatic nitrogens is 1. The predicted octanol–water partition coefficient (Wildman–Crippen LogP) is 2.05. The number of thiazole rings is 1. The van der Waals surface area contributed by atoms with Gasteiger partial charge in [-0.2, -0.15) is 0 Å². The summed E-state index contributed by atoms with van der Waals surface area (Å²) in [5.41, 5.74) is 1.03. The van der Waals surface area contributed by atoms with Crippen molar-refractivity contribution in [1.82, 2.24) is 15.2 Å². The lowest BCUT2D eigenvalue weighted by atomic mass is 9.99. The Morgan fingerprint density at radius 1 is 1.42 bits per heavy atom. The van der Waals surface area contributed by atoms with Crippen LogP contribution in [0.4, 0.5) is 0 Å². The molecule has 2 aromatic rings. The zero-order valence-corrected chi connectivity index (χ0v) is 14.4. The molecule has 1 fully saturated rings. The van der Waals surface area contributed by atoms with Gasteiger partial charge in [-0.3, -0.25) is 9.69 Å². The molecular formula is C18H23N3O2S. The van der Waals surface area contributed by atoms with E-state index in [1.54, 1.807) is 17.5 Å². The van der Waals surface area contributed by atoms with Crippen molar-refractivity contribution in [1.29, 1.82) is 0 Å². The van der Waals surface area contributed by atoms with Crippen LogP contribution in [0.5, 0.6) is 0 Å². The lowest BCUT2D eigenvalue weighted by molar-refractivity contribution is -0.123. The van der Waals surface area contributed by atoms with Gasteiger partial charge in [0.2, 0.25) is 5.91 Å². The van der Waals surface area contributed by atoms with Gasteiger partial charge in [-0.15, -0.1) is 11.3 Å². The number of benzene rings is 1. The number of aliphatic hydroxyl groups excluding tert-OH is 1. The Kier molecular flexibility index (Phi) is 5.96. The summed E-state index contributed by atoms with van der Waals surface area (Å²) < 4.78 is 0. The molecule has 2 atom stereocenters. The molecule has 0 saturated carbocycles. The van der Waals surface area contributed by atoms with Gasteiger partial charge in [0.25, 0.3) is 0 Å². The minimum Gasteiger partial charge on any atom is -0.396 e. The average molecular weight is 345 g/mol. The molecule has 5 nitrogen and oxygen atoms in total. The quantitative estimate of drug-likeness (QED) is 0.841. The number of carbonyl (C=O) groups is 1. The van der Waals surface area contributed by atoms with Crippen molar-refractivity contribution in [2.24, 2.45) is 5.92 Å². The van der Waals surface area contributed by atoms with Gasteiger partial charge in [0.15, 0.2) is 0 Å². The molecule has 1 saturated heterocycles. The molecule has 0 bridgehead atoms. The van der Waals surface area contributed by atoms with E-state index >= 15 is 0 Å². The summed E-state index contributed by atoms with van der Waals surface area (Å²) in [6, 6.07) is 9.71. The number of rotatable bonds is 6. The Bertz CT molecular complexity index is 633. The van der Waals surface area contributed by atoms with Crippen molar-refractivity contribution in [3.63, 3.8) is 0 Å². The van der Waals surface area contributed by atoms with E-state index < -0.39 is 0 Å². The van der Waals surface area contributed by atoms with Gasteiger partial charge >= 0.3 is 0 Å². The highest BCUT2D eigenvalue weighted by atomic mass is 32.1. The second-order valence-corrected chi connectivity index (χ2v) is 7.13. The molecule has 24 heavy (non-hydrogen) atoms. The Labute approximate surface area is 146 Å². The van der Waals surface area contributed by atoms with Crippen LogP contribution in [0.25, 0.3) is 0 Å². The second kappa shape index (κ2) is 8.37. The lowest BCUT2D eigenvalue weighted by Gasteiger charge is -2.31. The maximum absolute atomic E-state index is 12.5. The van der Waals surface area contributed by atoms with Crippen molar-refractivity contribution in [2.75, 3.05) is 26.2 Å². The van der Waals surface area contributed by atoms with E-state index in [4.69, 9.17) is 0 Å². The summed E-state index contributed by atoms with van der Waals surface area (Å²) in [5.74, 6) is 0.285. The van der Waals surface area contributed by atoms with Crippen molar-refractivity contribution < 1.29 is 9.90 Å². The number of hydrogen-bond donors (Lipinski definition) is 2. The Morgan fingerprint density at radius 2 is 2.25 bits per heavy atom. The third-order valence-corrected chi connectivity index (χ3v) is 5.21. The van der Waals surface area contributed by atoms with Crippen LogP contribution in [-0.4, -0.2) is 47.1 Å². The number of aliphatic hydroxyl groups is 1. The summed E-state index contributed by atoms with van der Waals surface area (Å²) >= 11 is 1.55. The van der Waals surface area contributed by atoms with E-state index in [0.29, 0.717) is 6.54 Å². The van der Waals surface area contributed by atoms with Gasteiger partial charge in [0.05, 0.1) is 6.54 Å². The zero-order chi connectivity index (χ0) is 16.8. The third-order valence-electron chi connectivity index (χ3n) is 4.37. The minimum absolute atomic E-state index is 0.00218. The van der Waals surface area contributed by atoms with E-state index in [1.807, 2.05) is 35.7 Å². The van der Waals surface area contributed by atoms with Crippen LogP contribution >= 0.6 is 11.3 Å². The van der Waals surface area contributed by atoms with E-state index in [9.17, 15) is 9.90 Å². The van der Waals surface area contributed by atoms with Crippen molar-refractivity contribution in [3.8, 4) is 0 Å². The molecule has 128 valence electrons. The number of carbonyl (C=O) groups excluding carboxylic acids is 1. The zero-order valence-electron chi connectivity index (χ0n) is 13.6. The first-order valence-electron chi connectivity index (χ1n) is 8.33. The summed E-state index contributed by atoms with van der Waals surface area (Å²) in [4.78, 5) is 19.1. The van der Waals surface area contributed by atoms with Gasteiger partial charge in [-0.05, 0) is 30.9 Å². The number of piperidine rings is 1. The molecule has 0 radical (unpaired) electrons. The van der Waals surface area contributed by atoms with E-state index in [2.05, 4.69) is 15.2 Å². The molecule has 2 unspecified atom stereocenters. The maximum atomic E-state index is 12.5. The van der Waals surface area contributed by atoms with Crippen LogP contribution in [-0.2, 0) is 4.79 Å². The Balaban J connectivity index is 1.65. The van der Waals surface area contributed by atoms with Crippen LogP contribution in [0.1, 0.15) is 29.5 Å². The lowest BCUT2D eigenvalue weighted by Crippen LogP contribution is -2.44. The van der Waals surface area contributed by atoms with Crippen molar-refractivity contribution in [3.05, 3.63) is 52.5 Å². The summed E-state index contributed by atoms with van der Waals surface area (Å²) in [7, 11) is 0. The summed E-state index contributed by atoms with van der Waals surface area (Å²) in [6.45, 7) is 2.27. The maximum Gasteiger partial charge on any atom is 0.235 e. The molecular weight excluding hydrogens is 322 g/mol. The first-order valence-corrected chi connectivity index (χ1v) is 9.21. The van der Waals surface area contributed by atoms with Crippen LogP contribution in [0, 0.1) is 5.92 Å². The average Bonchev–Trinajstić information content (AvgIpc) is 3.15. The fourth-order valence-electron chi connectivity index (χ4n) is 3.16. The van der Waals surface area contributed by atoms with Gasteiger partial charge in [-0.1, -0.05) is 30.3 Å². The summed E-state index contributed by atoms with van der Waals surface area (Å²) in [5, 5.41) is 15.3. The van der Waals surface area contributed by atoms with E-state index in [1.165, 1.54) is 0 Å². The van der Waals surface area contributed by atoms with E-state index in [-0.39, 0.29) is 24.5 Å². The highest BCUT2D eigenvalue weighted by Crippen LogP contribution is 2.24. The Hall–Kier alpha value is -1.76. The van der Waals surface area contributed by atoms with Gasteiger partial charge in [0.1, 0.15) is 11.0 Å². The monoisotopic (exact) mass is 345 g/mol. The van der Waals surface area contributed by atoms with E-state index in [0.717, 1.165) is 36.5 Å². The fraction of sp³-hybridized carbons (Fsp3) is 0.444. The largest absolute Gasteiger partial charge is 0.396 e.